The number of likely N-dealkylation sites (N-methyl/N-ethyl adjacent to an activating group) is 2. The van der Waals surface area contributed by atoms with Gasteiger partial charge in [0, 0.05) is 26.2 Å². The standard InChI is InChI=1S/C14H24ClN5O/c1-18(2)7-8-20-14(21)13(15)12(9-17-20)19(3)10-11-5-4-6-16-11/h9,11,16H,4-8,10H2,1-3H3. The maximum absolute atomic E-state index is 12.3. The fourth-order valence-electron chi connectivity index (χ4n) is 2.52. The van der Waals surface area contributed by atoms with Crippen LogP contribution < -0.4 is 15.8 Å². The van der Waals surface area contributed by atoms with Crippen molar-refractivity contribution in [2.45, 2.75) is 25.4 Å². The van der Waals surface area contributed by atoms with E-state index < -0.39 is 0 Å². The SMILES string of the molecule is CN(C)CCn1ncc(N(C)CC2CCCN2)c(Cl)c1=O. The van der Waals surface area contributed by atoms with Gasteiger partial charge in [0.05, 0.1) is 18.4 Å². The van der Waals surface area contributed by atoms with Crippen molar-refractivity contribution in [3.8, 4) is 0 Å². The van der Waals surface area contributed by atoms with Crippen LogP contribution in [0.1, 0.15) is 12.8 Å². The second-order valence-corrected chi connectivity index (χ2v) is 6.23. The van der Waals surface area contributed by atoms with Crippen LogP contribution in [0, 0.1) is 0 Å². The zero-order valence-electron chi connectivity index (χ0n) is 13.0. The van der Waals surface area contributed by atoms with Crippen molar-refractivity contribution >= 4 is 17.3 Å². The highest BCUT2D eigenvalue weighted by Gasteiger charge is 2.19. The van der Waals surface area contributed by atoms with Gasteiger partial charge in [-0.05, 0) is 33.5 Å². The second kappa shape index (κ2) is 7.24. The van der Waals surface area contributed by atoms with Crippen LogP contribution in [0.5, 0.6) is 0 Å². The third-order valence-electron chi connectivity index (χ3n) is 3.79. The van der Waals surface area contributed by atoms with Gasteiger partial charge in [-0.2, -0.15) is 5.10 Å². The van der Waals surface area contributed by atoms with Crippen LogP contribution in [-0.2, 0) is 6.54 Å². The molecule has 1 unspecified atom stereocenters. The van der Waals surface area contributed by atoms with E-state index in [9.17, 15) is 4.79 Å². The molecule has 6 nitrogen and oxygen atoms in total. The van der Waals surface area contributed by atoms with Crippen molar-refractivity contribution in [2.75, 3.05) is 45.7 Å². The van der Waals surface area contributed by atoms with Crippen LogP contribution >= 0.6 is 11.6 Å². The molecule has 2 rings (SSSR count). The summed E-state index contributed by atoms with van der Waals surface area (Å²) in [5.41, 5.74) is 0.485. The van der Waals surface area contributed by atoms with Crippen molar-refractivity contribution in [1.82, 2.24) is 20.0 Å². The second-order valence-electron chi connectivity index (χ2n) is 5.85. The van der Waals surface area contributed by atoms with Gasteiger partial charge < -0.3 is 15.1 Å². The highest BCUT2D eigenvalue weighted by Crippen LogP contribution is 2.20. The molecular formula is C14H24ClN5O. The van der Waals surface area contributed by atoms with Gasteiger partial charge in [0.2, 0.25) is 0 Å². The monoisotopic (exact) mass is 313 g/mol. The Kier molecular flexibility index (Phi) is 5.61. The summed E-state index contributed by atoms with van der Waals surface area (Å²) in [7, 11) is 5.87. The minimum Gasteiger partial charge on any atom is -0.370 e. The summed E-state index contributed by atoms with van der Waals surface area (Å²) in [5, 5.41) is 7.93. The van der Waals surface area contributed by atoms with Crippen molar-refractivity contribution in [2.24, 2.45) is 0 Å². The molecule has 0 aliphatic carbocycles. The summed E-state index contributed by atoms with van der Waals surface area (Å²) in [6, 6.07) is 0.460. The first-order chi connectivity index (χ1) is 9.99. The summed E-state index contributed by atoms with van der Waals surface area (Å²) in [6.07, 6.45) is 4.06. The number of hydrogen-bond acceptors (Lipinski definition) is 5. The summed E-state index contributed by atoms with van der Waals surface area (Å²) >= 11 is 6.25. The van der Waals surface area contributed by atoms with Crippen LogP contribution in [0.3, 0.4) is 0 Å². The third-order valence-corrected chi connectivity index (χ3v) is 4.15. The number of nitrogens with zero attached hydrogens (tertiary/aromatic N) is 4. The molecular weight excluding hydrogens is 290 g/mol. The molecule has 7 heteroatoms. The molecule has 0 amide bonds. The van der Waals surface area contributed by atoms with Crippen molar-refractivity contribution in [3.05, 3.63) is 21.6 Å². The molecule has 1 atom stereocenters. The lowest BCUT2D eigenvalue weighted by molar-refractivity contribution is 0.367. The van der Waals surface area contributed by atoms with Crippen LogP contribution in [0.15, 0.2) is 11.0 Å². The molecule has 0 bridgehead atoms. The molecule has 21 heavy (non-hydrogen) atoms. The number of halogens is 1. The lowest BCUT2D eigenvalue weighted by Gasteiger charge is -2.24. The summed E-state index contributed by atoms with van der Waals surface area (Å²) in [5.74, 6) is 0. The van der Waals surface area contributed by atoms with E-state index in [1.54, 1.807) is 6.20 Å². The minimum absolute atomic E-state index is 0.220. The number of aromatic nitrogens is 2. The predicted molar refractivity (Wildman–Crippen MR) is 86.4 cm³/mol. The smallest absolute Gasteiger partial charge is 0.287 e. The van der Waals surface area contributed by atoms with Crippen LogP contribution in [0.2, 0.25) is 5.02 Å². The molecule has 0 aromatic carbocycles. The molecule has 1 aliphatic heterocycles. The van der Waals surface area contributed by atoms with Gasteiger partial charge in [-0.3, -0.25) is 4.79 Å². The van der Waals surface area contributed by atoms with E-state index in [1.807, 2.05) is 30.9 Å². The molecule has 0 saturated carbocycles. The van der Waals surface area contributed by atoms with Crippen molar-refractivity contribution in [3.63, 3.8) is 0 Å². The maximum atomic E-state index is 12.3. The average molecular weight is 314 g/mol. The Hall–Kier alpha value is -1.11. The van der Waals surface area contributed by atoms with E-state index in [1.165, 1.54) is 11.1 Å². The molecule has 0 radical (unpaired) electrons. The molecule has 0 spiro atoms. The van der Waals surface area contributed by atoms with E-state index in [4.69, 9.17) is 11.6 Å². The Morgan fingerprint density at radius 1 is 1.48 bits per heavy atom. The number of nitrogens with one attached hydrogen (secondary N) is 1. The molecule has 1 N–H and O–H groups in total. The number of hydrogen-bond donors (Lipinski definition) is 1. The van der Waals surface area contributed by atoms with Crippen LogP contribution in [-0.4, -0.2) is 61.5 Å². The first-order valence-electron chi connectivity index (χ1n) is 7.34. The highest BCUT2D eigenvalue weighted by molar-refractivity contribution is 6.33. The van der Waals surface area contributed by atoms with E-state index >= 15 is 0 Å². The highest BCUT2D eigenvalue weighted by atomic mass is 35.5. The average Bonchev–Trinajstić information content (AvgIpc) is 2.93. The lowest BCUT2D eigenvalue weighted by atomic mass is 10.2. The first kappa shape index (κ1) is 16.3. The number of rotatable bonds is 6. The summed E-state index contributed by atoms with van der Waals surface area (Å²) in [6.45, 7) is 3.20. The van der Waals surface area contributed by atoms with E-state index in [-0.39, 0.29) is 10.6 Å². The Bertz CT molecular complexity index is 525. The molecule has 1 aromatic heterocycles. The molecule has 1 saturated heterocycles. The van der Waals surface area contributed by atoms with E-state index in [0.717, 1.165) is 26.1 Å². The van der Waals surface area contributed by atoms with E-state index in [2.05, 4.69) is 10.4 Å². The molecule has 1 aliphatic rings. The van der Waals surface area contributed by atoms with Gasteiger partial charge >= 0.3 is 0 Å². The van der Waals surface area contributed by atoms with Gasteiger partial charge in [0.1, 0.15) is 5.02 Å². The Morgan fingerprint density at radius 3 is 2.86 bits per heavy atom. The third kappa shape index (κ3) is 4.18. The zero-order chi connectivity index (χ0) is 15.4. The summed E-state index contributed by atoms with van der Waals surface area (Å²) in [4.78, 5) is 16.3. The predicted octanol–water partition coefficient (Wildman–Crippen LogP) is 0.647. The minimum atomic E-state index is -0.220. The Labute approximate surface area is 130 Å². The Morgan fingerprint density at radius 2 is 2.24 bits per heavy atom. The zero-order valence-corrected chi connectivity index (χ0v) is 13.7. The maximum Gasteiger partial charge on any atom is 0.287 e. The van der Waals surface area contributed by atoms with Crippen molar-refractivity contribution < 1.29 is 0 Å². The molecule has 1 aromatic rings. The van der Waals surface area contributed by atoms with Crippen LogP contribution in [0.4, 0.5) is 5.69 Å². The van der Waals surface area contributed by atoms with Crippen LogP contribution in [0.25, 0.3) is 0 Å². The van der Waals surface area contributed by atoms with E-state index in [0.29, 0.717) is 18.3 Å². The topological polar surface area (TPSA) is 53.4 Å². The van der Waals surface area contributed by atoms with Gasteiger partial charge in [0.15, 0.2) is 0 Å². The molecule has 2 heterocycles. The normalized spacial score (nSPS) is 18.4. The first-order valence-corrected chi connectivity index (χ1v) is 7.71. The molecule has 118 valence electrons. The fraction of sp³-hybridized carbons (Fsp3) is 0.714. The fourth-order valence-corrected chi connectivity index (χ4v) is 2.81. The van der Waals surface area contributed by atoms with Crippen molar-refractivity contribution in [1.29, 1.82) is 0 Å². The van der Waals surface area contributed by atoms with Gasteiger partial charge in [0.25, 0.3) is 5.56 Å². The molecule has 1 fully saturated rings. The quantitative estimate of drug-likeness (QED) is 0.835. The van der Waals surface area contributed by atoms with Gasteiger partial charge in [-0.15, -0.1) is 0 Å². The Balaban J connectivity index is 2.09. The summed E-state index contributed by atoms with van der Waals surface area (Å²) < 4.78 is 1.42. The largest absolute Gasteiger partial charge is 0.370 e. The lowest BCUT2D eigenvalue weighted by Crippen LogP contribution is -2.37. The van der Waals surface area contributed by atoms with Gasteiger partial charge in [-0.1, -0.05) is 11.6 Å². The number of anilines is 1. The van der Waals surface area contributed by atoms with Gasteiger partial charge in [-0.25, -0.2) is 4.68 Å².